The molecule has 0 radical (unpaired) electrons. The van der Waals surface area contributed by atoms with E-state index in [2.05, 4.69) is 46.0 Å². The molecule has 0 atom stereocenters. The molecule has 1 aromatic heterocycles. The van der Waals surface area contributed by atoms with Crippen molar-refractivity contribution in [1.82, 2.24) is 0 Å². The van der Waals surface area contributed by atoms with Gasteiger partial charge in [-0.25, -0.2) is 0 Å². The van der Waals surface area contributed by atoms with E-state index in [-0.39, 0.29) is 10.5 Å². The van der Waals surface area contributed by atoms with Gasteiger partial charge in [0.1, 0.15) is 0 Å². The second-order valence-electron chi connectivity index (χ2n) is 7.70. The molecule has 1 heterocycles. The van der Waals surface area contributed by atoms with Crippen LogP contribution in [0.4, 0.5) is 0 Å². The van der Waals surface area contributed by atoms with Gasteiger partial charge in [-0.15, -0.1) is 0 Å². The van der Waals surface area contributed by atoms with Gasteiger partial charge in [0.05, 0.1) is 0 Å². The molecule has 0 bridgehead atoms. The van der Waals surface area contributed by atoms with Gasteiger partial charge in [0.25, 0.3) is 0 Å². The molecule has 0 spiro atoms. The van der Waals surface area contributed by atoms with Gasteiger partial charge in [-0.1, -0.05) is 0 Å². The molecule has 0 amide bonds. The van der Waals surface area contributed by atoms with E-state index < -0.39 is 28.7 Å². The molecule has 24 heavy (non-hydrogen) atoms. The normalized spacial score (nSPS) is 12.4. The second kappa shape index (κ2) is 8.14. The fourth-order valence-electron chi connectivity index (χ4n) is 2.19. The molecular formula is C20H28O2SiTe. The van der Waals surface area contributed by atoms with Gasteiger partial charge in [0.2, 0.25) is 0 Å². The van der Waals surface area contributed by atoms with E-state index in [9.17, 15) is 4.79 Å². The molecule has 0 unspecified atom stereocenters. The molecule has 1 aromatic carbocycles. The van der Waals surface area contributed by atoms with Crippen molar-refractivity contribution in [2.45, 2.75) is 51.7 Å². The van der Waals surface area contributed by atoms with E-state index >= 15 is 0 Å². The molecule has 4 heteroatoms. The second-order valence-corrected chi connectivity index (χ2v) is 15.8. The molecule has 0 fully saturated rings. The molecule has 0 saturated heterocycles. The molecule has 0 saturated carbocycles. The Bertz CT molecular complexity index is 714. The van der Waals surface area contributed by atoms with E-state index in [4.69, 9.17) is 4.43 Å². The first-order chi connectivity index (χ1) is 11.2. The topological polar surface area (TPSA) is 26.3 Å². The van der Waals surface area contributed by atoms with Crippen LogP contribution in [0.1, 0.15) is 30.8 Å². The molecule has 2 aromatic rings. The molecule has 130 valence electrons. The van der Waals surface area contributed by atoms with Crippen LogP contribution in [-0.4, -0.2) is 35.4 Å². The van der Waals surface area contributed by atoms with Gasteiger partial charge in [-0.3, -0.25) is 0 Å². The number of rotatable bonds is 6. The minimum absolute atomic E-state index is 0.144. The summed E-state index contributed by atoms with van der Waals surface area (Å²) >= 11 is -0.437. The van der Waals surface area contributed by atoms with E-state index in [0.29, 0.717) is 0 Å². The monoisotopic (exact) mass is 458 g/mol. The van der Waals surface area contributed by atoms with Gasteiger partial charge >= 0.3 is 157 Å². The summed E-state index contributed by atoms with van der Waals surface area (Å²) in [7, 11) is -1.66. The Morgan fingerprint density at radius 1 is 1.08 bits per heavy atom. The first-order valence-corrected chi connectivity index (χ1v) is 13.8. The van der Waals surface area contributed by atoms with Crippen molar-refractivity contribution >= 4 is 28.7 Å². The Hall–Kier alpha value is -0.664. The molecule has 0 aliphatic rings. The summed E-state index contributed by atoms with van der Waals surface area (Å²) < 4.78 is 8.86. The summed E-state index contributed by atoms with van der Waals surface area (Å²) in [5, 5.41) is 0.254. The van der Waals surface area contributed by atoms with Gasteiger partial charge in [-0.05, 0) is 0 Å². The summed E-state index contributed by atoms with van der Waals surface area (Å²) in [6, 6.07) is 14.0. The molecule has 0 aliphatic heterocycles. The predicted octanol–water partition coefficient (Wildman–Crippen LogP) is 4.73. The molecular weight excluding hydrogens is 428 g/mol. The average molecular weight is 456 g/mol. The van der Waals surface area contributed by atoms with Crippen LogP contribution in [0.15, 0.2) is 47.3 Å². The fourth-order valence-corrected chi connectivity index (χ4v) is 6.51. The maximum atomic E-state index is 12.0. The minimum atomic E-state index is -1.66. The van der Waals surface area contributed by atoms with Crippen LogP contribution in [0.3, 0.4) is 0 Å². The standard InChI is InChI=1S/C20H28O2SiTe/c1-20(2,3)23(4,5)22-13-9-12-18-14-17(21)15-19(24-18)16-10-7-6-8-11-16/h6-8,10-11,14-15H,9,12-13H2,1-5H3. The third-order valence-electron chi connectivity index (χ3n) is 4.71. The molecule has 2 rings (SSSR count). The van der Waals surface area contributed by atoms with Crippen molar-refractivity contribution in [3.05, 3.63) is 56.3 Å². The van der Waals surface area contributed by atoms with E-state index in [0.717, 1.165) is 19.4 Å². The van der Waals surface area contributed by atoms with Gasteiger partial charge in [-0.2, -0.15) is 0 Å². The zero-order chi connectivity index (χ0) is 17.8. The summed E-state index contributed by atoms with van der Waals surface area (Å²) in [4.78, 5) is 12.0. The third kappa shape index (κ3) is 5.42. The summed E-state index contributed by atoms with van der Waals surface area (Å²) in [6.07, 6.45) is 2.01. The van der Waals surface area contributed by atoms with Crippen molar-refractivity contribution in [2.75, 3.05) is 6.61 Å². The number of benzene rings is 1. The van der Waals surface area contributed by atoms with Crippen molar-refractivity contribution in [2.24, 2.45) is 0 Å². The summed E-state index contributed by atoms with van der Waals surface area (Å²) in [5.74, 6) is 0. The Morgan fingerprint density at radius 3 is 2.38 bits per heavy atom. The van der Waals surface area contributed by atoms with E-state index in [1.807, 2.05) is 30.3 Å². The van der Waals surface area contributed by atoms with Crippen LogP contribution < -0.4 is 5.43 Å². The maximum absolute atomic E-state index is 12.0. The Kier molecular flexibility index (Phi) is 6.67. The Balaban J connectivity index is 1.99. The Morgan fingerprint density at radius 2 is 1.75 bits per heavy atom. The summed E-state index contributed by atoms with van der Waals surface area (Å²) in [5.41, 5.74) is 1.35. The number of hydrogen-bond acceptors (Lipinski definition) is 2. The molecule has 0 N–H and O–H groups in total. The molecule has 0 aliphatic carbocycles. The van der Waals surface area contributed by atoms with Crippen LogP contribution in [-0.2, 0) is 10.8 Å². The van der Waals surface area contributed by atoms with Crippen LogP contribution in [0.25, 0.3) is 9.14 Å². The first-order valence-electron chi connectivity index (χ1n) is 8.52. The van der Waals surface area contributed by atoms with Crippen molar-refractivity contribution in [1.29, 1.82) is 0 Å². The number of hydrogen-bond donors (Lipinski definition) is 0. The third-order valence-corrected chi connectivity index (χ3v) is 12.6. The van der Waals surface area contributed by atoms with E-state index in [1.54, 1.807) is 0 Å². The quantitative estimate of drug-likeness (QED) is 0.465. The van der Waals surface area contributed by atoms with Gasteiger partial charge in [0.15, 0.2) is 0 Å². The molecule has 2 nitrogen and oxygen atoms in total. The van der Waals surface area contributed by atoms with Crippen molar-refractivity contribution in [3.63, 3.8) is 0 Å². The number of aryl methyl sites for hydroxylation is 1. The van der Waals surface area contributed by atoms with Crippen LogP contribution in [0, 0.1) is 0 Å². The zero-order valence-corrected chi connectivity index (χ0v) is 18.7. The van der Waals surface area contributed by atoms with Gasteiger partial charge < -0.3 is 0 Å². The van der Waals surface area contributed by atoms with Gasteiger partial charge in [0, 0.05) is 0 Å². The Labute approximate surface area is 156 Å². The van der Waals surface area contributed by atoms with E-state index in [1.165, 1.54) is 12.7 Å². The predicted molar refractivity (Wildman–Crippen MR) is 107 cm³/mol. The SMILES string of the molecule is CC(C)(C)[Si](C)(C)OCCCc1cc(=O)cc(-c2ccccc2)[te]1. The average Bonchev–Trinajstić information content (AvgIpc) is 2.51. The summed E-state index contributed by atoms with van der Waals surface area (Å²) in [6.45, 7) is 12.2. The fraction of sp³-hybridized carbons (Fsp3) is 0.450. The van der Waals surface area contributed by atoms with Crippen molar-refractivity contribution in [3.8, 4) is 9.14 Å². The van der Waals surface area contributed by atoms with Crippen LogP contribution in [0.2, 0.25) is 18.1 Å². The van der Waals surface area contributed by atoms with Crippen LogP contribution in [0.5, 0.6) is 0 Å². The van der Waals surface area contributed by atoms with Crippen LogP contribution >= 0.6 is 0 Å². The van der Waals surface area contributed by atoms with Crippen molar-refractivity contribution < 1.29 is 4.43 Å². The zero-order valence-electron chi connectivity index (χ0n) is 15.4. The first kappa shape index (κ1) is 19.7.